The Balaban J connectivity index is 2.14. The average molecular weight is 228 g/mol. The average Bonchev–Trinajstić information content (AvgIpc) is 2.29. The van der Waals surface area contributed by atoms with Crippen molar-refractivity contribution in [3.8, 4) is 0 Å². The first-order chi connectivity index (χ1) is 8.15. The van der Waals surface area contributed by atoms with Crippen molar-refractivity contribution in [2.24, 2.45) is 0 Å². The largest absolute Gasteiger partial charge is 0.397 e. The van der Waals surface area contributed by atoms with Crippen LogP contribution in [-0.4, -0.2) is 15.9 Å². The van der Waals surface area contributed by atoms with Crippen LogP contribution in [0.5, 0.6) is 0 Å². The number of carbonyl (C=O) groups is 1. The van der Waals surface area contributed by atoms with Crippen molar-refractivity contribution < 1.29 is 4.79 Å². The number of nitrogens with zero attached hydrogens (tertiary/aromatic N) is 2. The van der Waals surface area contributed by atoms with Crippen molar-refractivity contribution >= 4 is 17.4 Å². The molecule has 0 unspecified atom stereocenters. The second-order valence-corrected chi connectivity index (χ2v) is 3.60. The zero-order valence-corrected chi connectivity index (χ0v) is 9.34. The van der Waals surface area contributed by atoms with E-state index in [2.05, 4.69) is 15.3 Å². The maximum atomic E-state index is 11.8. The number of nitrogens with two attached hydrogens (primary N) is 1. The lowest BCUT2D eigenvalue weighted by Gasteiger charge is -2.04. The van der Waals surface area contributed by atoms with Gasteiger partial charge in [0.1, 0.15) is 11.5 Å². The fourth-order valence-corrected chi connectivity index (χ4v) is 1.33. The topological polar surface area (TPSA) is 80.9 Å². The number of nitrogens with one attached hydrogen (secondary N) is 1. The molecule has 0 saturated carbocycles. The minimum atomic E-state index is -0.303. The highest BCUT2D eigenvalue weighted by molar-refractivity contribution is 6.02. The summed E-state index contributed by atoms with van der Waals surface area (Å²) in [4.78, 5) is 19.9. The number of hydrogen-bond acceptors (Lipinski definition) is 4. The molecule has 2 aromatic heterocycles. The highest BCUT2D eigenvalue weighted by Crippen LogP contribution is 2.07. The predicted octanol–water partition coefficient (Wildman–Crippen LogP) is 1.62. The van der Waals surface area contributed by atoms with E-state index < -0.39 is 0 Å². The van der Waals surface area contributed by atoms with Gasteiger partial charge >= 0.3 is 0 Å². The Labute approximate surface area is 98.7 Å². The Bertz CT molecular complexity index is 536. The molecule has 0 aliphatic heterocycles. The summed E-state index contributed by atoms with van der Waals surface area (Å²) >= 11 is 0. The SMILES string of the molecule is Cc1cccc(NC(=O)c2ccc(N)cn2)n1. The first-order valence-corrected chi connectivity index (χ1v) is 5.12. The molecule has 2 aromatic rings. The van der Waals surface area contributed by atoms with Crippen molar-refractivity contribution in [1.29, 1.82) is 0 Å². The van der Waals surface area contributed by atoms with Crippen molar-refractivity contribution in [1.82, 2.24) is 9.97 Å². The van der Waals surface area contributed by atoms with Crippen LogP contribution in [0.2, 0.25) is 0 Å². The van der Waals surface area contributed by atoms with Gasteiger partial charge < -0.3 is 11.1 Å². The summed E-state index contributed by atoms with van der Waals surface area (Å²) < 4.78 is 0. The van der Waals surface area contributed by atoms with Gasteiger partial charge in [-0.2, -0.15) is 0 Å². The molecular weight excluding hydrogens is 216 g/mol. The van der Waals surface area contributed by atoms with E-state index in [0.717, 1.165) is 5.69 Å². The molecule has 0 radical (unpaired) electrons. The highest BCUT2D eigenvalue weighted by atomic mass is 16.1. The van der Waals surface area contributed by atoms with Crippen LogP contribution in [0.15, 0.2) is 36.5 Å². The molecule has 0 atom stereocenters. The lowest BCUT2D eigenvalue weighted by Crippen LogP contribution is -2.14. The minimum Gasteiger partial charge on any atom is -0.397 e. The van der Waals surface area contributed by atoms with Gasteiger partial charge in [-0.3, -0.25) is 4.79 Å². The third-order valence-corrected chi connectivity index (χ3v) is 2.15. The van der Waals surface area contributed by atoms with E-state index in [1.165, 1.54) is 6.20 Å². The monoisotopic (exact) mass is 228 g/mol. The first-order valence-electron chi connectivity index (χ1n) is 5.12. The van der Waals surface area contributed by atoms with Gasteiger partial charge in [-0.1, -0.05) is 6.07 Å². The van der Waals surface area contributed by atoms with E-state index in [1.807, 2.05) is 19.1 Å². The molecule has 0 fully saturated rings. The lowest BCUT2D eigenvalue weighted by atomic mass is 10.3. The van der Waals surface area contributed by atoms with Crippen LogP contribution in [0.3, 0.4) is 0 Å². The molecule has 0 saturated heterocycles. The number of aryl methyl sites for hydroxylation is 1. The Morgan fingerprint density at radius 1 is 1.29 bits per heavy atom. The van der Waals surface area contributed by atoms with Crippen LogP contribution >= 0.6 is 0 Å². The van der Waals surface area contributed by atoms with Gasteiger partial charge in [0.15, 0.2) is 0 Å². The van der Waals surface area contributed by atoms with Crippen LogP contribution in [-0.2, 0) is 0 Å². The lowest BCUT2D eigenvalue weighted by molar-refractivity contribution is 0.102. The Morgan fingerprint density at radius 3 is 2.76 bits per heavy atom. The number of amides is 1. The molecule has 17 heavy (non-hydrogen) atoms. The molecule has 86 valence electrons. The Kier molecular flexibility index (Phi) is 3.00. The first kappa shape index (κ1) is 11.1. The summed E-state index contributed by atoms with van der Waals surface area (Å²) in [6.07, 6.45) is 1.44. The number of rotatable bonds is 2. The van der Waals surface area contributed by atoms with Crippen LogP contribution in [0, 0.1) is 6.92 Å². The second-order valence-electron chi connectivity index (χ2n) is 3.60. The normalized spacial score (nSPS) is 9.94. The summed E-state index contributed by atoms with van der Waals surface area (Å²) in [6.45, 7) is 1.86. The van der Waals surface area contributed by atoms with E-state index >= 15 is 0 Å². The third-order valence-electron chi connectivity index (χ3n) is 2.15. The molecule has 3 N–H and O–H groups in total. The number of nitrogen functional groups attached to an aromatic ring is 1. The van der Waals surface area contributed by atoms with E-state index in [9.17, 15) is 4.79 Å². The number of hydrogen-bond donors (Lipinski definition) is 2. The van der Waals surface area contributed by atoms with Gasteiger partial charge in [-0.15, -0.1) is 0 Å². The van der Waals surface area contributed by atoms with Crippen LogP contribution < -0.4 is 11.1 Å². The Hall–Kier alpha value is -2.43. The fourth-order valence-electron chi connectivity index (χ4n) is 1.33. The van der Waals surface area contributed by atoms with Crippen LogP contribution in [0.1, 0.15) is 16.2 Å². The van der Waals surface area contributed by atoms with Crippen molar-refractivity contribution in [3.63, 3.8) is 0 Å². The van der Waals surface area contributed by atoms with Crippen LogP contribution in [0.25, 0.3) is 0 Å². The summed E-state index contributed by atoms with van der Waals surface area (Å²) in [7, 11) is 0. The highest BCUT2D eigenvalue weighted by Gasteiger charge is 2.07. The molecule has 0 spiro atoms. The van der Waals surface area contributed by atoms with Gasteiger partial charge in [0.2, 0.25) is 0 Å². The summed E-state index contributed by atoms with van der Waals surface area (Å²) in [5, 5.41) is 2.67. The maximum absolute atomic E-state index is 11.8. The Morgan fingerprint density at radius 2 is 2.12 bits per heavy atom. The minimum absolute atomic E-state index is 0.303. The maximum Gasteiger partial charge on any atom is 0.275 e. The smallest absolute Gasteiger partial charge is 0.275 e. The number of aromatic nitrogens is 2. The van der Waals surface area contributed by atoms with Crippen LogP contribution in [0.4, 0.5) is 11.5 Å². The van der Waals surface area contributed by atoms with Gasteiger partial charge in [0, 0.05) is 5.69 Å². The summed E-state index contributed by atoms with van der Waals surface area (Å²) in [5.74, 6) is 0.205. The van der Waals surface area contributed by atoms with Crippen molar-refractivity contribution in [2.75, 3.05) is 11.1 Å². The van der Waals surface area contributed by atoms with E-state index in [-0.39, 0.29) is 5.91 Å². The molecule has 5 heteroatoms. The number of pyridine rings is 2. The quantitative estimate of drug-likeness (QED) is 0.818. The second kappa shape index (κ2) is 4.61. The summed E-state index contributed by atoms with van der Waals surface area (Å²) in [5.41, 5.74) is 7.16. The van der Waals surface area contributed by atoms with Gasteiger partial charge in [-0.05, 0) is 31.2 Å². The van der Waals surface area contributed by atoms with Crippen molar-refractivity contribution in [3.05, 3.63) is 47.9 Å². The molecule has 2 heterocycles. The van der Waals surface area contributed by atoms with E-state index in [1.54, 1.807) is 18.2 Å². The molecule has 2 rings (SSSR count). The van der Waals surface area contributed by atoms with Gasteiger partial charge in [0.25, 0.3) is 5.91 Å². The van der Waals surface area contributed by atoms with E-state index in [0.29, 0.717) is 17.2 Å². The van der Waals surface area contributed by atoms with Gasteiger partial charge in [-0.25, -0.2) is 9.97 Å². The molecule has 1 amide bonds. The number of carbonyl (C=O) groups excluding carboxylic acids is 1. The zero-order valence-electron chi connectivity index (χ0n) is 9.34. The third kappa shape index (κ3) is 2.78. The fraction of sp³-hybridized carbons (Fsp3) is 0.0833. The van der Waals surface area contributed by atoms with Crippen molar-refractivity contribution in [2.45, 2.75) is 6.92 Å². The molecular formula is C12H12N4O. The molecule has 5 nitrogen and oxygen atoms in total. The van der Waals surface area contributed by atoms with Gasteiger partial charge in [0.05, 0.1) is 11.9 Å². The summed E-state index contributed by atoms with van der Waals surface area (Å²) in [6, 6.07) is 8.61. The predicted molar refractivity (Wildman–Crippen MR) is 65.6 cm³/mol. The molecule has 0 bridgehead atoms. The standard InChI is InChI=1S/C12H12N4O/c1-8-3-2-4-11(15-8)16-12(17)10-6-5-9(13)7-14-10/h2-7H,13H2,1H3,(H,15,16,17). The molecule has 0 aliphatic carbocycles. The molecule has 0 aromatic carbocycles. The molecule has 0 aliphatic rings. The van der Waals surface area contributed by atoms with E-state index in [4.69, 9.17) is 5.73 Å². The zero-order chi connectivity index (χ0) is 12.3. The number of anilines is 2.